The van der Waals surface area contributed by atoms with Crippen LogP contribution in [0.15, 0.2) is 90.0 Å². The van der Waals surface area contributed by atoms with E-state index >= 15 is 0 Å². The van der Waals surface area contributed by atoms with Crippen LogP contribution in [-0.4, -0.2) is 24.2 Å². The molecule has 8 heteroatoms. The zero-order valence-electron chi connectivity index (χ0n) is 18.1. The Balaban J connectivity index is 1.41. The molecule has 0 spiro atoms. The number of nitrogens with zero attached hydrogens (tertiary/aromatic N) is 2. The molecule has 0 atom stereocenters. The van der Waals surface area contributed by atoms with Crippen molar-refractivity contribution in [3.8, 4) is 0 Å². The van der Waals surface area contributed by atoms with Crippen molar-refractivity contribution in [3.05, 3.63) is 102 Å². The van der Waals surface area contributed by atoms with Gasteiger partial charge in [0.2, 0.25) is 5.95 Å². The average molecular weight is 459 g/mol. The molecule has 0 amide bonds. The van der Waals surface area contributed by atoms with E-state index < -0.39 is 10.0 Å². The predicted octanol–water partition coefficient (Wildman–Crippen LogP) is 4.86. The second-order valence-electron chi connectivity index (χ2n) is 7.51. The molecule has 0 saturated heterocycles. The summed E-state index contributed by atoms with van der Waals surface area (Å²) in [5.74, 6) is -0.102. The fourth-order valence-electron chi connectivity index (χ4n) is 3.33. The molecule has 33 heavy (non-hydrogen) atoms. The fourth-order valence-corrected chi connectivity index (χ4v) is 4.28. The lowest BCUT2D eigenvalue weighted by atomic mass is 10.0. The topological polar surface area (TPSA) is 101 Å². The van der Waals surface area contributed by atoms with Gasteiger partial charge < -0.3 is 5.32 Å². The molecule has 3 aromatic carbocycles. The van der Waals surface area contributed by atoms with Gasteiger partial charge in [-0.2, -0.15) is 0 Å². The molecule has 0 unspecified atom stereocenters. The summed E-state index contributed by atoms with van der Waals surface area (Å²) in [4.78, 5) is 20.7. The maximum absolute atomic E-state index is 12.6. The first-order chi connectivity index (χ1) is 15.8. The number of fused-ring (bicyclic) bond motifs is 1. The third-order valence-corrected chi connectivity index (χ3v) is 6.24. The second kappa shape index (κ2) is 9.22. The van der Waals surface area contributed by atoms with Crippen molar-refractivity contribution >= 4 is 38.2 Å². The van der Waals surface area contributed by atoms with Crippen molar-refractivity contribution in [1.82, 2.24) is 9.97 Å². The van der Waals surface area contributed by atoms with Gasteiger partial charge in [-0.1, -0.05) is 36.4 Å². The SMILES string of the molecule is Cc1cc(C)nc(NS(=O)(=O)c2ccc(N/C=C\C(=O)c3ccc4ccccc4c3)cc2)n1. The summed E-state index contributed by atoms with van der Waals surface area (Å²) in [6, 6.07) is 21.3. The quantitative estimate of drug-likeness (QED) is 0.303. The number of hydrogen-bond acceptors (Lipinski definition) is 6. The van der Waals surface area contributed by atoms with Gasteiger partial charge in [0.15, 0.2) is 5.78 Å². The van der Waals surface area contributed by atoms with Crippen molar-refractivity contribution in [3.63, 3.8) is 0 Å². The Morgan fingerprint density at radius 2 is 1.52 bits per heavy atom. The van der Waals surface area contributed by atoms with Gasteiger partial charge in [-0.3, -0.25) is 4.79 Å². The first-order valence-electron chi connectivity index (χ1n) is 10.2. The van der Waals surface area contributed by atoms with E-state index in [2.05, 4.69) is 20.0 Å². The van der Waals surface area contributed by atoms with Crippen LogP contribution in [0.5, 0.6) is 0 Å². The van der Waals surface area contributed by atoms with Crippen molar-refractivity contribution in [2.75, 3.05) is 10.0 Å². The predicted molar refractivity (Wildman–Crippen MR) is 130 cm³/mol. The Hall–Kier alpha value is -4.04. The maximum atomic E-state index is 12.6. The molecular weight excluding hydrogens is 436 g/mol. The van der Waals surface area contributed by atoms with Crippen LogP contribution in [0.1, 0.15) is 21.7 Å². The summed E-state index contributed by atoms with van der Waals surface area (Å²) in [6.45, 7) is 3.54. The zero-order valence-corrected chi connectivity index (χ0v) is 18.9. The van der Waals surface area contributed by atoms with Gasteiger partial charge in [0.1, 0.15) is 0 Å². The molecule has 0 bridgehead atoms. The number of benzene rings is 3. The number of allylic oxidation sites excluding steroid dienone is 1. The first kappa shape index (κ1) is 22.2. The normalized spacial score (nSPS) is 11.6. The number of carbonyl (C=O) groups is 1. The van der Waals surface area contributed by atoms with Gasteiger partial charge in [0.25, 0.3) is 10.0 Å². The Morgan fingerprint density at radius 1 is 0.848 bits per heavy atom. The largest absolute Gasteiger partial charge is 0.362 e. The third kappa shape index (κ3) is 5.42. The smallest absolute Gasteiger partial charge is 0.264 e. The molecule has 7 nitrogen and oxygen atoms in total. The molecule has 4 aromatic rings. The molecule has 166 valence electrons. The molecular formula is C25H22N4O3S. The van der Waals surface area contributed by atoms with Crippen molar-refractivity contribution in [2.24, 2.45) is 0 Å². The highest BCUT2D eigenvalue weighted by Gasteiger charge is 2.16. The second-order valence-corrected chi connectivity index (χ2v) is 9.19. The van der Waals surface area contributed by atoms with Crippen LogP contribution in [0.25, 0.3) is 10.8 Å². The molecule has 4 rings (SSSR count). The van der Waals surface area contributed by atoms with E-state index in [0.29, 0.717) is 22.6 Å². The number of aryl methyl sites for hydroxylation is 2. The summed E-state index contributed by atoms with van der Waals surface area (Å²) in [6.07, 6.45) is 2.97. The Kier molecular flexibility index (Phi) is 6.19. The van der Waals surface area contributed by atoms with Crippen molar-refractivity contribution in [2.45, 2.75) is 18.7 Å². The van der Waals surface area contributed by atoms with E-state index in [0.717, 1.165) is 10.8 Å². The van der Waals surface area contributed by atoms with Gasteiger partial charge >= 0.3 is 0 Å². The lowest BCUT2D eigenvalue weighted by Gasteiger charge is -2.09. The highest BCUT2D eigenvalue weighted by molar-refractivity contribution is 7.92. The molecule has 0 aliphatic carbocycles. The van der Waals surface area contributed by atoms with Crippen LogP contribution in [0.2, 0.25) is 0 Å². The average Bonchev–Trinajstić information content (AvgIpc) is 2.78. The van der Waals surface area contributed by atoms with E-state index in [4.69, 9.17) is 0 Å². The molecule has 0 saturated carbocycles. The monoisotopic (exact) mass is 458 g/mol. The fraction of sp³-hybridized carbons (Fsp3) is 0.0800. The van der Waals surface area contributed by atoms with Gasteiger partial charge in [-0.05, 0) is 61.0 Å². The zero-order chi connectivity index (χ0) is 23.4. The van der Waals surface area contributed by atoms with Gasteiger partial charge in [-0.25, -0.2) is 23.1 Å². The maximum Gasteiger partial charge on any atom is 0.264 e. The van der Waals surface area contributed by atoms with E-state index in [1.807, 2.05) is 36.4 Å². The summed E-state index contributed by atoms with van der Waals surface area (Å²) < 4.78 is 27.6. The van der Waals surface area contributed by atoms with Crippen LogP contribution in [0.3, 0.4) is 0 Å². The minimum Gasteiger partial charge on any atom is -0.362 e. The van der Waals surface area contributed by atoms with Gasteiger partial charge in [0.05, 0.1) is 4.90 Å². The summed E-state index contributed by atoms with van der Waals surface area (Å²) >= 11 is 0. The molecule has 0 aliphatic rings. The highest BCUT2D eigenvalue weighted by atomic mass is 32.2. The van der Waals surface area contributed by atoms with Crippen LogP contribution in [0.4, 0.5) is 11.6 Å². The molecule has 0 aliphatic heterocycles. The number of sulfonamides is 1. The summed E-state index contributed by atoms with van der Waals surface area (Å²) in [5.41, 5.74) is 2.57. The molecule has 0 fully saturated rings. The van der Waals surface area contributed by atoms with Gasteiger partial charge in [-0.15, -0.1) is 0 Å². The number of ketones is 1. The number of hydrogen-bond donors (Lipinski definition) is 2. The van der Waals surface area contributed by atoms with Crippen molar-refractivity contribution in [1.29, 1.82) is 0 Å². The van der Waals surface area contributed by atoms with Gasteiger partial charge in [0, 0.05) is 34.9 Å². The number of nitrogens with one attached hydrogen (secondary N) is 2. The number of anilines is 2. The number of aromatic nitrogens is 2. The molecule has 1 heterocycles. The standard InChI is InChI=1S/C25H22N4O3S/c1-17-15-18(2)28-25(27-17)29-33(31,32)23-11-9-22(10-12-23)26-14-13-24(30)21-8-7-19-5-3-4-6-20(19)16-21/h3-16,26H,1-2H3,(H,27,28,29)/b14-13-. The van der Waals surface area contributed by atoms with Crippen LogP contribution in [0, 0.1) is 13.8 Å². The van der Waals surface area contributed by atoms with E-state index in [1.54, 1.807) is 38.1 Å². The minimum absolute atomic E-state index is 0.0323. The van der Waals surface area contributed by atoms with Crippen LogP contribution < -0.4 is 10.0 Å². The highest BCUT2D eigenvalue weighted by Crippen LogP contribution is 2.18. The van der Waals surface area contributed by atoms with Crippen LogP contribution >= 0.6 is 0 Å². The Bertz CT molecular complexity index is 1440. The molecule has 2 N–H and O–H groups in total. The Morgan fingerprint density at radius 3 is 2.21 bits per heavy atom. The number of carbonyl (C=O) groups excluding carboxylic acids is 1. The van der Waals surface area contributed by atoms with Crippen molar-refractivity contribution < 1.29 is 13.2 Å². The number of rotatable bonds is 7. The van der Waals surface area contributed by atoms with E-state index in [9.17, 15) is 13.2 Å². The van der Waals surface area contributed by atoms with E-state index in [-0.39, 0.29) is 16.6 Å². The van der Waals surface area contributed by atoms with Crippen LogP contribution in [-0.2, 0) is 10.0 Å². The lowest BCUT2D eigenvalue weighted by Crippen LogP contribution is -2.15. The summed E-state index contributed by atoms with van der Waals surface area (Å²) in [5, 5.41) is 5.06. The molecule has 1 aromatic heterocycles. The lowest BCUT2D eigenvalue weighted by molar-refractivity contribution is 0.104. The Labute approximate surface area is 192 Å². The third-order valence-electron chi connectivity index (χ3n) is 4.89. The van der Waals surface area contributed by atoms with E-state index in [1.165, 1.54) is 24.4 Å². The molecule has 0 radical (unpaired) electrons. The first-order valence-corrected chi connectivity index (χ1v) is 11.7. The minimum atomic E-state index is -3.83. The summed E-state index contributed by atoms with van der Waals surface area (Å²) in [7, 11) is -3.83.